The zero-order valence-electron chi connectivity index (χ0n) is 15.1. The number of hydrogen-bond donors (Lipinski definition) is 1. The van der Waals surface area contributed by atoms with E-state index >= 15 is 0 Å². The monoisotopic (exact) mass is 366 g/mol. The van der Waals surface area contributed by atoms with Gasteiger partial charge in [0.2, 0.25) is 0 Å². The molecule has 0 saturated heterocycles. The summed E-state index contributed by atoms with van der Waals surface area (Å²) in [5, 5.41) is 0.627. The fraction of sp³-hybridized carbons (Fsp3) is 0.250. The Morgan fingerprint density at radius 3 is 2.74 bits per heavy atom. The molecular weight excluding hydrogens is 347 g/mol. The SMILES string of the molecule is Cc1cc(C(=O)N2CCc3cc(C(N)=O)n(C)c3C2)c2ccc(F)cc2n1. The topological polar surface area (TPSA) is 81.2 Å². The molecule has 0 radical (unpaired) electrons. The quantitative estimate of drug-likeness (QED) is 0.756. The van der Waals surface area contributed by atoms with Gasteiger partial charge in [-0.2, -0.15) is 0 Å². The van der Waals surface area contributed by atoms with Crippen LogP contribution >= 0.6 is 0 Å². The Kier molecular flexibility index (Phi) is 3.95. The van der Waals surface area contributed by atoms with Crippen LogP contribution in [0.3, 0.4) is 0 Å². The molecule has 0 aliphatic carbocycles. The summed E-state index contributed by atoms with van der Waals surface area (Å²) >= 11 is 0. The maximum atomic E-state index is 13.6. The first-order chi connectivity index (χ1) is 12.8. The summed E-state index contributed by atoms with van der Waals surface area (Å²) in [4.78, 5) is 30.9. The van der Waals surface area contributed by atoms with Gasteiger partial charge in [0.25, 0.3) is 11.8 Å². The van der Waals surface area contributed by atoms with Crippen molar-refractivity contribution in [3.63, 3.8) is 0 Å². The lowest BCUT2D eigenvalue weighted by molar-refractivity contribution is 0.0732. The second kappa shape index (κ2) is 6.19. The summed E-state index contributed by atoms with van der Waals surface area (Å²) in [6.07, 6.45) is 0.652. The van der Waals surface area contributed by atoms with Gasteiger partial charge in [0, 0.05) is 36.4 Å². The lowest BCUT2D eigenvalue weighted by Crippen LogP contribution is -2.36. The largest absolute Gasteiger partial charge is 0.364 e. The lowest BCUT2D eigenvalue weighted by Gasteiger charge is -2.28. The molecule has 3 aromatic rings. The molecule has 3 heterocycles. The standard InChI is InChI=1S/C20H19FN4O2/c1-11-7-15(14-4-3-13(21)9-16(14)23-11)20(27)25-6-5-12-8-17(19(22)26)24(2)18(12)10-25/h3-4,7-9H,5-6,10H2,1-2H3,(H2,22,26). The summed E-state index contributed by atoms with van der Waals surface area (Å²) in [7, 11) is 1.78. The van der Waals surface area contributed by atoms with E-state index in [1.807, 2.05) is 0 Å². The molecule has 1 aliphatic rings. The predicted molar refractivity (Wildman–Crippen MR) is 98.8 cm³/mol. The van der Waals surface area contributed by atoms with E-state index in [0.29, 0.717) is 47.4 Å². The van der Waals surface area contributed by atoms with Crippen molar-refractivity contribution in [2.75, 3.05) is 6.54 Å². The lowest BCUT2D eigenvalue weighted by atomic mass is 10.0. The molecule has 0 fully saturated rings. The van der Waals surface area contributed by atoms with E-state index in [9.17, 15) is 14.0 Å². The van der Waals surface area contributed by atoms with Crippen LogP contribution in [0.25, 0.3) is 10.9 Å². The number of nitrogens with two attached hydrogens (primary N) is 1. The van der Waals surface area contributed by atoms with Crippen molar-refractivity contribution in [3.8, 4) is 0 Å². The fourth-order valence-electron chi connectivity index (χ4n) is 3.74. The van der Waals surface area contributed by atoms with E-state index in [1.165, 1.54) is 12.1 Å². The molecular formula is C20H19FN4O2. The number of amides is 2. The van der Waals surface area contributed by atoms with Gasteiger partial charge < -0.3 is 15.2 Å². The van der Waals surface area contributed by atoms with Crippen molar-refractivity contribution in [3.05, 3.63) is 64.4 Å². The maximum absolute atomic E-state index is 13.6. The molecule has 2 N–H and O–H groups in total. The molecule has 27 heavy (non-hydrogen) atoms. The van der Waals surface area contributed by atoms with Crippen LogP contribution in [-0.2, 0) is 20.0 Å². The molecule has 2 amide bonds. The van der Waals surface area contributed by atoms with Crippen molar-refractivity contribution in [2.45, 2.75) is 19.9 Å². The Bertz CT molecular complexity index is 1100. The number of primary amides is 1. The minimum Gasteiger partial charge on any atom is -0.364 e. The van der Waals surface area contributed by atoms with Crippen molar-refractivity contribution in [1.82, 2.24) is 14.5 Å². The summed E-state index contributed by atoms with van der Waals surface area (Å²) in [5.74, 6) is -1.00. The number of fused-ring (bicyclic) bond motifs is 2. The van der Waals surface area contributed by atoms with E-state index in [4.69, 9.17) is 5.73 Å². The number of benzene rings is 1. The number of pyridine rings is 1. The minimum absolute atomic E-state index is 0.135. The van der Waals surface area contributed by atoms with E-state index in [1.54, 1.807) is 41.6 Å². The molecule has 6 nitrogen and oxygen atoms in total. The molecule has 4 rings (SSSR count). The highest BCUT2D eigenvalue weighted by Gasteiger charge is 2.27. The first-order valence-electron chi connectivity index (χ1n) is 8.68. The van der Waals surface area contributed by atoms with Crippen LogP contribution in [0.2, 0.25) is 0 Å². The Hall–Kier alpha value is -3.22. The van der Waals surface area contributed by atoms with Gasteiger partial charge in [0.1, 0.15) is 11.5 Å². The van der Waals surface area contributed by atoms with Gasteiger partial charge in [-0.3, -0.25) is 14.6 Å². The zero-order valence-corrected chi connectivity index (χ0v) is 15.1. The molecule has 7 heteroatoms. The number of aromatic nitrogens is 2. The van der Waals surface area contributed by atoms with Crippen molar-refractivity contribution in [1.29, 1.82) is 0 Å². The van der Waals surface area contributed by atoms with Crippen LogP contribution in [0.5, 0.6) is 0 Å². The van der Waals surface area contributed by atoms with Crippen molar-refractivity contribution in [2.24, 2.45) is 12.8 Å². The van der Waals surface area contributed by atoms with Crippen LogP contribution in [0.4, 0.5) is 4.39 Å². The van der Waals surface area contributed by atoms with Crippen LogP contribution in [0.1, 0.15) is 37.8 Å². The molecule has 138 valence electrons. The average Bonchev–Trinajstić information content (AvgIpc) is 2.96. The van der Waals surface area contributed by atoms with Gasteiger partial charge in [0.15, 0.2) is 0 Å². The van der Waals surface area contributed by atoms with Crippen LogP contribution in [-0.4, -0.2) is 32.8 Å². The van der Waals surface area contributed by atoms with Gasteiger partial charge >= 0.3 is 0 Å². The molecule has 0 atom stereocenters. The Morgan fingerprint density at radius 1 is 1.22 bits per heavy atom. The second-order valence-corrected chi connectivity index (χ2v) is 6.87. The third-order valence-corrected chi connectivity index (χ3v) is 5.11. The van der Waals surface area contributed by atoms with Crippen LogP contribution < -0.4 is 5.73 Å². The van der Waals surface area contributed by atoms with Gasteiger partial charge in [-0.1, -0.05) is 0 Å². The summed E-state index contributed by atoms with van der Waals surface area (Å²) < 4.78 is 15.3. The molecule has 0 spiro atoms. The summed E-state index contributed by atoms with van der Waals surface area (Å²) in [5.41, 5.74) is 9.43. The third-order valence-electron chi connectivity index (χ3n) is 5.11. The van der Waals surface area contributed by atoms with E-state index < -0.39 is 5.91 Å². The van der Waals surface area contributed by atoms with Gasteiger partial charge in [-0.05, 0) is 43.2 Å². The van der Waals surface area contributed by atoms with E-state index in [0.717, 1.165) is 11.3 Å². The summed E-state index contributed by atoms with van der Waals surface area (Å²) in [6, 6.07) is 7.80. The summed E-state index contributed by atoms with van der Waals surface area (Å²) in [6.45, 7) is 2.71. The highest BCUT2D eigenvalue weighted by atomic mass is 19.1. The third kappa shape index (κ3) is 2.85. The number of aryl methyl sites for hydroxylation is 1. The Labute approximate surface area is 155 Å². The first-order valence-corrected chi connectivity index (χ1v) is 8.68. The molecule has 0 unspecified atom stereocenters. The van der Waals surface area contributed by atoms with E-state index in [2.05, 4.69) is 4.98 Å². The Morgan fingerprint density at radius 2 is 2.00 bits per heavy atom. The van der Waals surface area contributed by atoms with Gasteiger partial charge in [-0.25, -0.2) is 4.39 Å². The number of hydrogen-bond acceptors (Lipinski definition) is 3. The molecule has 1 aromatic carbocycles. The molecule has 1 aliphatic heterocycles. The normalized spacial score (nSPS) is 13.7. The first kappa shape index (κ1) is 17.2. The fourth-order valence-corrected chi connectivity index (χ4v) is 3.74. The average molecular weight is 366 g/mol. The number of carbonyl (C=O) groups excluding carboxylic acids is 2. The van der Waals surface area contributed by atoms with Gasteiger partial charge in [0.05, 0.1) is 17.6 Å². The van der Waals surface area contributed by atoms with Crippen molar-refractivity contribution < 1.29 is 14.0 Å². The number of nitrogens with zero attached hydrogens (tertiary/aromatic N) is 3. The maximum Gasteiger partial charge on any atom is 0.265 e. The number of rotatable bonds is 2. The minimum atomic E-state index is -0.484. The predicted octanol–water partition coefficient (Wildman–Crippen LogP) is 2.32. The molecule has 0 saturated carbocycles. The highest BCUT2D eigenvalue weighted by Crippen LogP contribution is 2.26. The Balaban J connectivity index is 1.73. The molecule has 2 aromatic heterocycles. The van der Waals surface area contributed by atoms with Gasteiger partial charge in [-0.15, -0.1) is 0 Å². The smallest absolute Gasteiger partial charge is 0.265 e. The van der Waals surface area contributed by atoms with E-state index in [-0.39, 0.29) is 11.7 Å². The van der Waals surface area contributed by atoms with Crippen molar-refractivity contribution >= 4 is 22.7 Å². The second-order valence-electron chi connectivity index (χ2n) is 6.87. The number of halogens is 1. The highest BCUT2D eigenvalue weighted by molar-refractivity contribution is 6.06. The molecule has 0 bridgehead atoms. The zero-order chi connectivity index (χ0) is 19.3. The number of carbonyl (C=O) groups is 2. The van der Waals surface area contributed by atoms with Crippen LogP contribution in [0.15, 0.2) is 30.3 Å². The van der Waals surface area contributed by atoms with Crippen LogP contribution in [0, 0.1) is 12.7 Å².